The average molecular weight is 287 g/mol. The topological polar surface area (TPSA) is 29.3 Å². The van der Waals surface area contributed by atoms with Crippen LogP contribution in [0, 0.1) is 5.92 Å². The van der Waals surface area contributed by atoms with Gasteiger partial charge in [0.2, 0.25) is 0 Å². The van der Waals surface area contributed by atoms with E-state index in [2.05, 4.69) is 11.8 Å². The summed E-state index contributed by atoms with van der Waals surface area (Å²) >= 11 is 12.1. The maximum Gasteiger partial charge on any atom is 0.0471 e. The standard InChI is InChI=1S/C14H20Cl2N2/c1-10-2-4-18(5-3-10)14(9-17)11-6-12(15)8-13(16)7-11/h6-8,10,14H,2-5,9,17H2,1H3/t14-/m0/s1. The first-order valence-electron chi connectivity index (χ1n) is 6.50. The minimum atomic E-state index is 0.230. The number of piperidine rings is 1. The maximum atomic E-state index is 6.07. The molecule has 1 aliphatic heterocycles. The van der Waals surface area contributed by atoms with Crippen LogP contribution >= 0.6 is 23.2 Å². The van der Waals surface area contributed by atoms with Gasteiger partial charge in [0.05, 0.1) is 0 Å². The van der Waals surface area contributed by atoms with Gasteiger partial charge in [-0.1, -0.05) is 30.1 Å². The first-order chi connectivity index (χ1) is 8.60. The Kier molecular flexibility index (Phi) is 4.91. The largest absolute Gasteiger partial charge is 0.329 e. The summed E-state index contributed by atoms with van der Waals surface area (Å²) in [5.41, 5.74) is 7.07. The predicted molar refractivity (Wildman–Crippen MR) is 78.2 cm³/mol. The zero-order valence-electron chi connectivity index (χ0n) is 10.7. The molecule has 0 spiro atoms. The first-order valence-corrected chi connectivity index (χ1v) is 7.26. The molecule has 4 heteroatoms. The zero-order chi connectivity index (χ0) is 13.1. The van der Waals surface area contributed by atoms with Crippen LogP contribution in [0.15, 0.2) is 18.2 Å². The van der Waals surface area contributed by atoms with Crippen molar-refractivity contribution in [1.82, 2.24) is 4.90 Å². The number of halogens is 2. The lowest BCUT2D eigenvalue weighted by Crippen LogP contribution is -2.39. The molecule has 1 saturated heterocycles. The van der Waals surface area contributed by atoms with E-state index in [0.717, 1.165) is 24.6 Å². The number of nitrogens with zero attached hydrogens (tertiary/aromatic N) is 1. The second-order valence-corrected chi connectivity index (χ2v) is 6.05. The third-order valence-corrected chi connectivity index (χ3v) is 4.19. The van der Waals surface area contributed by atoms with E-state index in [1.165, 1.54) is 12.8 Å². The number of benzene rings is 1. The number of rotatable bonds is 3. The van der Waals surface area contributed by atoms with E-state index in [1.807, 2.05) is 12.1 Å². The summed E-state index contributed by atoms with van der Waals surface area (Å²) in [6, 6.07) is 5.94. The van der Waals surface area contributed by atoms with Gasteiger partial charge < -0.3 is 5.73 Å². The zero-order valence-corrected chi connectivity index (χ0v) is 12.2. The Morgan fingerprint density at radius 2 is 1.78 bits per heavy atom. The van der Waals surface area contributed by atoms with Crippen LogP contribution in [0.1, 0.15) is 31.4 Å². The highest BCUT2D eigenvalue weighted by molar-refractivity contribution is 6.34. The monoisotopic (exact) mass is 286 g/mol. The molecule has 1 aromatic rings. The van der Waals surface area contributed by atoms with Crippen molar-refractivity contribution in [2.75, 3.05) is 19.6 Å². The van der Waals surface area contributed by atoms with Crippen molar-refractivity contribution in [3.8, 4) is 0 Å². The third kappa shape index (κ3) is 3.39. The van der Waals surface area contributed by atoms with Crippen molar-refractivity contribution in [2.45, 2.75) is 25.8 Å². The highest BCUT2D eigenvalue weighted by Gasteiger charge is 2.23. The lowest BCUT2D eigenvalue weighted by Gasteiger charge is -2.36. The van der Waals surface area contributed by atoms with E-state index in [9.17, 15) is 0 Å². The third-order valence-electron chi connectivity index (χ3n) is 3.75. The minimum absolute atomic E-state index is 0.230. The van der Waals surface area contributed by atoms with Crippen LogP contribution in [0.5, 0.6) is 0 Å². The van der Waals surface area contributed by atoms with Gasteiger partial charge in [-0.05, 0) is 55.6 Å². The molecular weight excluding hydrogens is 267 g/mol. The second kappa shape index (κ2) is 6.25. The number of likely N-dealkylation sites (tertiary alicyclic amines) is 1. The fraction of sp³-hybridized carbons (Fsp3) is 0.571. The molecule has 0 aliphatic carbocycles. The lowest BCUT2D eigenvalue weighted by atomic mass is 9.96. The molecule has 2 nitrogen and oxygen atoms in total. The SMILES string of the molecule is CC1CCN([C@@H](CN)c2cc(Cl)cc(Cl)c2)CC1. The molecule has 100 valence electrons. The maximum absolute atomic E-state index is 6.07. The summed E-state index contributed by atoms with van der Waals surface area (Å²) in [5, 5.41) is 1.36. The van der Waals surface area contributed by atoms with Crippen molar-refractivity contribution in [3.05, 3.63) is 33.8 Å². The fourth-order valence-electron chi connectivity index (χ4n) is 2.60. The van der Waals surface area contributed by atoms with Crippen LogP contribution in [0.4, 0.5) is 0 Å². The Morgan fingerprint density at radius 3 is 2.28 bits per heavy atom. The van der Waals surface area contributed by atoms with Crippen LogP contribution in [0.25, 0.3) is 0 Å². The summed E-state index contributed by atoms with van der Waals surface area (Å²) < 4.78 is 0. The Bertz CT molecular complexity index is 381. The molecule has 1 atom stereocenters. The molecule has 1 fully saturated rings. The molecule has 2 N–H and O–H groups in total. The smallest absolute Gasteiger partial charge is 0.0471 e. The van der Waals surface area contributed by atoms with Gasteiger partial charge >= 0.3 is 0 Å². The molecule has 0 saturated carbocycles. The van der Waals surface area contributed by atoms with Crippen LogP contribution in [0.3, 0.4) is 0 Å². The molecule has 1 aromatic carbocycles. The Hall–Kier alpha value is -0.280. The number of nitrogens with two attached hydrogens (primary N) is 1. The Morgan fingerprint density at radius 1 is 1.22 bits per heavy atom. The molecule has 0 radical (unpaired) electrons. The number of hydrogen-bond acceptors (Lipinski definition) is 2. The normalized spacial score (nSPS) is 20.0. The second-order valence-electron chi connectivity index (χ2n) is 5.17. The average Bonchev–Trinajstić information content (AvgIpc) is 2.31. The summed E-state index contributed by atoms with van der Waals surface area (Å²) in [6.45, 7) is 5.12. The van der Waals surface area contributed by atoms with Crippen LogP contribution < -0.4 is 5.73 Å². The molecular formula is C14H20Cl2N2. The summed E-state index contributed by atoms with van der Waals surface area (Å²) in [5.74, 6) is 0.822. The number of hydrogen-bond donors (Lipinski definition) is 1. The Labute approximate surface area is 119 Å². The van der Waals surface area contributed by atoms with Gasteiger partial charge in [-0.25, -0.2) is 0 Å². The van der Waals surface area contributed by atoms with E-state index in [-0.39, 0.29) is 6.04 Å². The van der Waals surface area contributed by atoms with E-state index >= 15 is 0 Å². The van der Waals surface area contributed by atoms with Crippen molar-refractivity contribution in [2.24, 2.45) is 11.7 Å². The van der Waals surface area contributed by atoms with E-state index < -0.39 is 0 Å². The fourth-order valence-corrected chi connectivity index (χ4v) is 3.15. The summed E-state index contributed by atoms with van der Waals surface area (Å²) in [7, 11) is 0. The molecule has 1 aliphatic rings. The molecule has 2 rings (SSSR count). The summed E-state index contributed by atoms with van der Waals surface area (Å²) in [4.78, 5) is 2.45. The van der Waals surface area contributed by atoms with Gasteiger partial charge in [0, 0.05) is 22.6 Å². The van der Waals surface area contributed by atoms with Gasteiger partial charge in [-0.15, -0.1) is 0 Å². The van der Waals surface area contributed by atoms with E-state index in [1.54, 1.807) is 6.07 Å². The molecule has 0 amide bonds. The predicted octanol–water partition coefficient (Wildman–Crippen LogP) is 3.73. The van der Waals surface area contributed by atoms with E-state index in [0.29, 0.717) is 16.6 Å². The highest BCUT2D eigenvalue weighted by Crippen LogP contribution is 2.29. The van der Waals surface area contributed by atoms with Crippen molar-refractivity contribution < 1.29 is 0 Å². The molecule has 0 aromatic heterocycles. The van der Waals surface area contributed by atoms with Gasteiger partial charge in [0.25, 0.3) is 0 Å². The molecule has 0 bridgehead atoms. The Balaban J connectivity index is 2.17. The van der Waals surface area contributed by atoms with Crippen LogP contribution in [-0.2, 0) is 0 Å². The van der Waals surface area contributed by atoms with Crippen molar-refractivity contribution in [3.63, 3.8) is 0 Å². The van der Waals surface area contributed by atoms with Crippen LogP contribution in [-0.4, -0.2) is 24.5 Å². The van der Waals surface area contributed by atoms with Crippen molar-refractivity contribution in [1.29, 1.82) is 0 Å². The molecule has 0 unspecified atom stereocenters. The van der Waals surface area contributed by atoms with Gasteiger partial charge in [0.15, 0.2) is 0 Å². The highest BCUT2D eigenvalue weighted by atomic mass is 35.5. The van der Waals surface area contributed by atoms with Gasteiger partial charge in [0.1, 0.15) is 0 Å². The van der Waals surface area contributed by atoms with Crippen LogP contribution in [0.2, 0.25) is 10.0 Å². The first kappa shape index (κ1) is 14.1. The quantitative estimate of drug-likeness (QED) is 0.918. The van der Waals surface area contributed by atoms with Crippen molar-refractivity contribution >= 4 is 23.2 Å². The summed E-state index contributed by atoms with van der Waals surface area (Å²) in [6.07, 6.45) is 2.48. The van der Waals surface area contributed by atoms with E-state index in [4.69, 9.17) is 28.9 Å². The minimum Gasteiger partial charge on any atom is -0.329 e. The van der Waals surface area contributed by atoms with Gasteiger partial charge in [-0.3, -0.25) is 4.90 Å². The molecule has 1 heterocycles. The molecule has 18 heavy (non-hydrogen) atoms. The van der Waals surface area contributed by atoms with Gasteiger partial charge in [-0.2, -0.15) is 0 Å². The lowest BCUT2D eigenvalue weighted by molar-refractivity contribution is 0.141.